The van der Waals surface area contributed by atoms with Crippen LogP contribution in [0.25, 0.3) is 0 Å². The molecular weight excluding hydrogens is 334 g/mol. The highest BCUT2D eigenvalue weighted by Crippen LogP contribution is 2.22. The van der Waals surface area contributed by atoms with Crippen molar-refractivity contribution in [3.8, 4) is 0 Å². The van der Waals surface area contributed by atoms with Gasteiger partial charge in [-0.15, -0.1) is 11.3 Å². The largest absolute Gasteiger partial charge is 0.372 e. The third-order valence-electron chi connectivity index (χ3n) is 3.97. The van der Waals surface area contributed by atoms with Gasteiger partial charge in [0.25, 0.3) is 0 Å². The fraction of sp³-hybridized carbons (Fsp3) is 0.368. The summed E-state index contributed by atoms with van der Waals surface area (Å²) in [7, 11) is 0. The van der Waals surface area contributed by atoms with Crippen LogP contribution in [0.5, 0.6) is 0 Å². The van der Waals surface area contributed by atoms with Crippen molar-refractivity contribution in [1.82, 2.24) is 5.32 Å². The molecule has 0 fully saturated rings. The molecule has 0 atom stereocenters. The molecule has 0 bridgehead atoms. The van der Waals surface area contributed by atoms with E-state index in [1.165, 1.54) is 11.3 Å². The van der Waals surface area contributed by atoms with Crippen molar-refractivity contribution in [2.45, 2.75) is 27.2 Å². The van der Waals surface area contributed by atoms with Crippen molar-refractivity contribution >= 4 is 34.5 Å². The van der Waals surface area contributed by atoms with Gasteiger partial charge in [-0.3, -0.25) is 9.59 Å². The molecule has 1 heterocycles. The van der Waals surface area contributed by atoms with E-state index in [2.05, 4.69) is 35.4 Å². The Balaban J connectivity index is 1.86. The molecule has 5 nitrogen and oxygen atoms in total. The summed E-state index contributed by atoms with van der Waals surface area (Å²) >= 11 is 1.53. The van der Waals surface area contributed by atoms with Crippen LogP contribution in [-0.4, -0.2) is 31.4 Å². The van der Waals surface area contributed by atoms with Crippen LogP contribution >= 0.6 is 11.3 Å². The van der Waals surface area contributed by atoms with Crippen molar-refractivity contribution in [2.75, 3.05) is 29.9 Å². The molecule has 0 aliphatic heterocycles. The summed E-state index contributed by atoms with van der Waals surface area (Å²) < 4.78 is 0. The highest BCUT2D eigenvalue weighted by molar-refractivity contribution is 7.10. The second kappa shape index (κ2) is 9.22. The Labute approximate surface area is 153 Å². The van der Waals surface area contributed by atoms with E-state index in [1.807, 2.05) is 36.6 Å². The van der Waals surface area contributed by atoms with Gasteiger partial charge in [0.2, 0.25) is 11.8 Å². The Morgan fingerprint density at radius 1 is 1.12 bits per heavy atom. The maximum Gasteiger partial charge on any atom is 0.243 e. The topological polar surface area (TPSA) is 61.4 Å². The zero-order valence-electron chi connectivity index (χ0n) is 15.0. The van der Waals surface area contributed by atoms with E-state index in [0.29, 0.717) is 6.42 Å². The second-order valence-electron chi connectivity index (χ2n) is 5.75. The van der Waals surface area contributed by atoms with E-state index in [0.717, 1.165) is 34.9 Å². The summed E-state index contributed by atoms with van der Waals surface area (Å²) in [6.45, 7) is 8.07. The molecule has 0 unspecified atom stereocenters. The molecule has 2 amide bonds. The zero-order chi connectivity index (χ0) is 18.2. The number of nitrogens with zero attached hydrogens (tertiary/aromatic N) is 1. The monoisotopic (exact) mass is 359 g/mol. The van der Waals surface area contributed by atoms with Gasteiger partial charge in [-0.1, -0.05) is 6.07 Å². The summed E-state index contributed by atoms with van der Waals surface area (Å²) in [5, 5.41) is 7.44. The van der Waals surface area contributed by atoms with Gasteiger partial charge >= 0.3 is 0 Å². The molecule has 0 aliphatic carbocycles. The van der Waals surface area contributed by atoms with Crippen LogP contribution in [0.2, 0.25) is 0 Å². The first kappa shape index (κ1) is 19.0. The fourth-order valence-electron chi connectivity index (χ4n) is 2.58. The Hall–Kier alpha value is -2.34. The van der Waals surface area contributed by atoms with E-state index >= 15 is 0 Å². The van der Waals surface area contributed by atoms with Crippen molar-refractivity contribution in [2.24, 2.45) is 0 Å². The number of carbonyl (C=O) groups excluding carboxylic acids is 2. The molecule has 1 aromatic carbocycles. The van der Waals surface area contributed by atoms with Gasteiger partial charge in [0, 0.05) is 29.3 Å². The van der Waals surface area contributed by atoms with E-state index in [4.69, 9.17) is 0 Å². The molecule has 6 heteroatoms. The molecule has 0 saturated heterocycles. The van der Waals surface area contributed by atoms with Crippen molar-refractivity contribution in [3.63, 3.8) is 0 Å². The molecule has 2 aromatic rings. The number of nitrogens with one attached hydrogen (secondary N) is 2. The molecule has 1 aromatic heterocycles. The minimum Gasteiger partial charge on any atom is -0.372 e. The van der Waals surface area contributed by atoms with Crippen LogP contribution in [0.1, 0.15) is 24.3 Å². The van der Waals surface area contributed by atoms with Gasteiger partial charge in [-0.25, -0.2) is 0 Å². The summed E-state index contributed by atoms with van der Waals surface area (Å²) in [4.78, 5) is 27.1. The lowest BCUT2D eigenvalue weighted by atomic mass is 10.1. The Kier molecular flexibility index (Phi) is 7.01. The van der Waals surface area contributed by atoms with Crippen LogP contribution in [-0.2, 0) is 16.0 Å². The predicted octanol–water partition coefficient (Wildman–Crippen LogP) is 3.20. The molecule has 0 radical (unpaired) electrons. The molecular formula is C19H25N3O2S. The van der Waals surface area contributed by atoms with Gasteiger partial charge in [-0.2, -0.15) is 0 Å². The lowest BCUT2D eigenvalue weighted by Crippen LogP contribution is -2.33. The van der Waals surface area contributed by atoms with Gasteiger partial charge < -0.3 is 15.5 Å². The Bertz CT molecular complexity index is 709. The van der Waals surface area contributed by atoms with E-state index in [-0.39, 0.29) is 18.4 Å². The standard InChI is InChI=1S/C19H25N3O2S/c1-4-22(5-2)15-8-9-17(14(3)11-15)21-19(24)13-20-18(23)12-16-7-6-10-25-16/h6-11H,4-5,12-13H2,1-3H3,(H,20,23)(H,21,24). The highest BCUT2D eigenvalue weighted by Gasteiger charge is 2.10. The molecule has 0 aliphatic rings. The van der Waals surface area contributed by atoms with E-state index < -0.39 is 0 Å². The maximum atomic E-state index is 12.1. The summed E-state index contributed by atoms with van der Waals surface area (Å²) in [6, 6.07) is 9.80. The van der Waals surface area contributed by atoms with Crippen molar-refractivity contribution < 1.29 is 9.59 Å². The van der Waals surface area contributed by atoms with Gasteiger partial charge in [0.15, 0.2) is 0 Å². The highest BCUT2D eigenvalue weighted by atomic mass is 32.1. The Morgan fingerprint density at radius 2 is 1.88 bits per heavy atom. The SMILES string of the molecule is CCN(CC)c1ccc(NC(=O)CNC(=O)Cc2cccs2)c(C)c1. The molecule has 0 spiro atoms. The first-order chi connectivity index (χ1) is 12.0. The van der Waals surface area contributed by atoms with Crippen LogP contribution in [0, 0.1) is 6.92 Å². The lowest BCUT2D eigenvalue weighted by molar-refractivity contribution is -0.123. The third kappa shape index (κ3) is 5.60. The average molecular weight is 359 g/mol. The van der Waals surface area contributed by atoms with Crippen molar-refractivity contribution in [3.05, 3.63) is 46.2 Å². The predicted molar refractivity (Wildman–Crippen MR) is 104 cm³/mol. The molecule has 0 saturated carbocycles. The molecule has 25 heavy (non-hydrogen) atoms. The van der Waals surface area contributed by atoms with E-state index in [9.17, 15) is 9.59 Å². The number of rotatable bonds is 8. The number of thiophene rings is 1. The van der Waals surface area contributed by atoms with Crippen LogP contribution in [0.15, 0.2) is 35.7 Å². The number of benzene rings is 1. The average Bonchev–Trinajstić information content (AvgIpc) is 3.09. The second-order valence-corrected chi connectivity index (χ2v) is 6.78. The summed E-state index contributed by atoms with van der Waals surface area (Å²) in [6.07, 6.45) is 0.308. The Morgan fingerprint density at radius 3 is 2.48 bits per heavy atom. The smallest absolute Gasteiger partial charge is 0.243 e. The van der Waals surface area contributed by atoms with Crippen LogP contribution in [0.3, 0.4) is 0 Å². The van der Waals surface area contributed by atoms with Gasteiger partial charge in [0.1, 0.15) is 0 Å². The third-order valence-corrected chi connectivity index (χ3v) is 4.85. The van der Waals surface area contributed by atoms with Crippen molar-refractivity contribution in [1.29, 1.82) is 0 Å². The number of hydrogen-bond acceptors (Lipinski definition) is 4. The number of amides is 2. The number of hydrogen-bond donors (Lipinski definition) is 2. The van der Waals surface area contributed by atoms with Crippen LogP contribution < -0.4 is 15.5 Å². The normalized spacial score (nSPS) is 10.4. The molecule has 2 rings (SSSR count). The molecule has 2 N–H and O–H groups in total. The zero-order valence-corrected chi connectivity index (χ0v) is 15.8. The summed E-state index contributed by atoms with van der Waals surface area (Å²) in [5.74, 6) is -0.371. The minimum absolute atomic E-state index is 0.0263. The number of aryl methyl sites for hydroxylation is 1. The summed E-state index contributed by atoms with van der Waals surface area (Å²) in [5.41, 5.74) is 2.92. The number of anilines is 2. The molecule has 134 valence electrons. The fourth-order valence-corrected chi connectivity index (χ4v) is 3.28. The van der Waals surface area contributed by atoms with Gasteiger partial charge in [-0.05, 0) is 56.0 Å². The number of carbonyl (C=O) groups is 2. The quantitative estimate of drug-likeness (QED) is 0.761. The van der Waals surface area contributed by atoms with E-state index in [1.54, 1.807) is 0 Å². The van der Waals surface area contributed by atoms with Crippen LogP contribution in [0.4, 0.5) is 11.4 Å². The maximum absolute atomic E-state index is 12.1. The lowest BCUT2D eigenvalue weighted by Gasteiger charge is -2.22. The first-order valence-electron chi connectivity index (χ1n) is 8.48. The van der Waals surface area contributed by atoms with Gasteiger partial charge in [0.05, 0.1) is 13.0 Å². The minimum atomic E-state index is -0.224. The first-order valence-corrected chi connectivity index (χ1v) is 9.36.